The quantitative estimate of drug-likeness (QED) is 0.0204. The Morgan fingerprint density at radius 3 is 1.29 bits per heavy atom. The third kappa shape index (κ3) is 39.5. The number of nitrogens with one attached hydrogen (secondary N) is 1. The number of rotatable bonds is 54. The minimum Gasteiger partial charge on any atom is -0.394 e. The van der Waals surface area contributed by atoms with Gasteiger partial charge in [-0.3, -0.25) is 4.79 Å². The lowest BCUT2D eigenvalue weighted by atomic mass is 9.97. The van der Waals surface area contributed by atoms with E-state index >= 15 is 0 Å². The van der Waals surface area contributed by atoms with Gasteiger partial charge in [0.25, 0.3) is 0 Å². The van der Waals surface area contributed by atoms with Gasteiger partial charge in [-0.15, -0.1) is 0 Å². The molecule has 2 aliphatic rings. The van der Waals surface area contributed by atoms with Crippen LogP contribution in [0, 0.1) is 0 Å². The first-order valence-electron chi connectivity index (χ1n) is 34.0. The van der Waals surface area contributed by atoms with E-state index in [1.165, 1.54) is 135 Å². The Hall–Kier alpha value is -3.09. The maximum absolute atomic E-state index is 13.3. The lowest BCUT2D eigenvalue weighted by Gasteiger charge is -2.46. The van der Waals surface area contributed by atoms with Crippen molar-refractivity contribution in [3.63, 3.8) is 0 Å². The van der Waals surface area contributed by atoms with Crippen molar-refractivity contribution in [1.29, 1.82) is 0 Å². The van der Waals surface area contributed by atoms with E-state index in [0.717, 1.165) is 83.5 Å². The van der Waals surface area contributed by atoms with Crippen LogP contribution in [0.1, 0.15) is 251 Å². The molecule has 9 N–H and O–H groups in total. The molecule has 2 fully saturated rings. The molecular weight excluding hydrogens is 1070 g/mol. The summed E-state index contributed by atoms with van der Waals surface area (Å²) in [6, 6.07) is -0.945. The van der Waals surface area contributed by atoms with Crippen LogP contribution >= 0.6 is 0 Å². The smallest absolute Gasteiger partial charge is 0.220 e. The molecule has 0 aliphatic carbocycles. The Bertz CT molecular complexity index is 1800. The number of allylic oxidation sites excluding steroid dienone is 15. The van der Waals surface area contributed by atoms with Crippen LogP contribution in [0.15, 0.2) is 97.2 Å². The van der Waals surface area contributed by atoms with E-state index in [2.05, 4.69) is 104 Å². The van der Waals surface area contributed by atoms with Gasteiger partial charge in [0.15, 0.2) is 12.6 Å². The van der Waals surface area contributed by atoms with Crippen molar-refractivity contribution in [2.24, 2.45) is 0 Å². The van der Waals surface area contributed by atoms with E-state index in [1.807, 2.05) is 6.08 Å². The van der Waals surface area contributed by atoms with Gasteiger partial charge in [-0.2, -0.15) is 0 Å². The summed E-state index contributed by atoms with van der Waals surface area (Å²) in [5, 5.41) is 87.3. The molecule has 12 atom stereocenters. The molecular formula is C71H123NO13. The van der Waals surface area contributed by atoms with Crippen LogP contribution in [0.5, 0.6) is 0 Å². The fourth-order valence-electron chi connectivity index (χ4n) is 10.6. The molecule has 490 valence electrons. The third-order valence-electron chi connectivity index (χ3n) is 16.0. The SMILES string of the molecule is CC/C=C\C/C=C\C/C=C\C/C=C\C/C=C\CCCCCCCCCCCCCCCC(=O)NC(COC1OC(CO)C(OC2OC(CO)C(O)C(O)C2O)C(O)C1O)C(O)/C=C/CC/C=C/CC/C=C/CCCCCCCCCCCCCC. The summed E-state index contributed by atoms with van der Waals surface area (Å²) in [5.74, 6) is -0.257. The van der Waals surface area contributed by atoms with Crippen molar-refractivity contribution in [3.8, 4) is 0 Å². The predicted molar refractivity (Wildman–Crippen MR) is 346 cm³/mol. The van der Waals surface area contributed by atoms with Gasteiger partial charge in [-0.05, 0) is 89.9 Å². The van der Waals surface area contributed by atoms with Crippen LogP contribution in [0.25, 0.3) is 0 Å². The highest BCUT2D eigenvalue weighted by Crippen LogP contribution is 2.30. The van der Waals surface area contributed by atoms with E-state index in [9.17, 15) is 45.6 Å². The van der Waals surface area contributed by atoms with E-state index in [4.69, 9.17) is 18.9 Å². The molecule has 0 spiro atoms. The number of hydrogen-bond donors (Lipinski definition) is 9. The molecule has 12 unspecified atom stereocenters. The molecule has 0 radical (unpaired) electrons. The molecule has 0 aromatic carbocycles. The van der Waals surface area contributed by atoms with Gasteiger partial charge in [0.2, 0.25) is 5.91 Å². The first kappa shape index (κ1) is 78.0. The maximum atomic E-state index is 13.3. The number of unbranched alkanes of at least 4 members (excludes halogenated alkanes) is 27. The molecule has 2 rings (SSSR count). The molecule has 0 aromatic heterocycles. The van der Waals surface area contributed by atoms with E-state index < -0.39 is 86.8 Å². The highest BCUT2D eigenvalue weighted by Gasteiger charge is 2.51. The van der Waals surface area contributed by atoms with Crippen LogP contribution in [-0.4, -0.2) is 140 Å². The van der Waals surface area contributed by atoms with Crippen molar-refractivity contribution in [3.05, 3.63) is 97.2 Å². The number of amides is 1. The van der Waals surface area contributed by atoms with Crippen LogP contribution in [-0.2, 0) is 23.7 Å². The van der Waals surface area contributed by atoms with Gasteiger partial charge < -0.3 is 65.1 Å². The van der Waals surface area contributed by atoms with Crippen molar-refractivity contribution in [2.45, 2.75) is 325 Å². The second-order valence-corrected chi connectivity index (χ2v) is 23.5. The summed E-state index contributed by atoms with van der Waals surface area (Å²) in [6.45, 7) is 2.67. The summed E-state index contributed by atoms with van der Waals surface area (Å²) < 4.78 is 22.8. The third-order valence-corrected chi connectivity index (χ3v) is 16.0. The van der Waals surface area contributed by atoms with Gasteiger partial charge in [0.1, 0.15) is 48.8 Å². The first-order chi connectivity index (χ1) is 41.6. The molecule has 85 heavy (non-hydrogen) atoms. The molecule has 1 amide bonds. The van der Waals surface area contributed by atoms with Crippen molar-refractivity contribution in [1.82, 2.24) is 5.32 Å². The fourth-order valence-corrected chi connectivity index (χ4v) is 10.6. The standard InChI is InChI=1S/C71H123NO13/c1-3-5-7-9-11-13-15-17-19-21-23-25-27-28-29-30-31-32-33-35-37-39-41-43-45-47-49-51-53-55-63(76)72-59(58-82-70-68(81)66(79)69(62(57-74)84-70)85-71-67(80)65(78)64(77)61(56-73)83-71)60(75)54-52-50-48-46-44-42-40-38-36-34-26-24-22-20-18-16-14-12-10-8-6-4-2/h5,7,11,13,17,19,23,25,28-29,36,38,44,46,52,54,59-62,64-71,73-75,77-81H,3-4,6,8-10,12,14-16,18,20-22,24,26-27,30-35,37,39-43,45,47-51,53,55-58H2,1-2H3,(H,72,76)/b7-5-,13-11-,19-17-,25-23-,29-28-,38-36+,46-44+,54-52+. The summed E-state index contributed by atoms with van der Waals surface area (Å²) in [5.41, 5.74) is 0. The van der Waals surface area contributed by atoms with E-state index in [-0.39, 0.29) is 18.9 Å². The molecule has 2 aliphatic heterocycles. The second kappa shape index (κ2) is 55.0. The van der Waals surface area contributed by atoms with Crippen LogP contribution in [0.3, 0.4) is 0 Å². The monoisotopic (exact) mass is 1200 g/mol. The van der Waals surface area contributed by atoms with Crippen LogP contribution in [0.4, 0.5) is 0 Å². The van der Waals surface area contributed by atoms with Crippen molar-refractivity contribution in [2.75, 3.05) is 19.8 Å². The molecule has 0 aromatic rings. The molecule has 14 nitrogen and oxygen atoms in total. The summed E-state index contributed by atoms with van der Waals surface area (Å²) in [4.78, 5) is 13.3. The van der Waals surface area contributed by atoms with Crippen LogP contribution < -0.4 is 5.32 Å². The minimum atomic E-state index is -1.80. The van der Waals surface area contributed by atoms with Gasteiger partial charge in [0, 0.05) is 6.42 Å². The topological polar surface area (TPSA) is 228 Å². The fraction of sp³-hybridized carbons (Fsp3) is 0.761. The van der Waals surface area contributed by atoms with Gasteiger partial charge in [-0.25, -0.2) is 0 Å². The Balaban J connectivity index is 1.72. The van der Waals surface area contributed by atoms with Gasteiger partial charge in [-0.1, -0.05) is 252 Å². The Kier molecular flexibility index (Phi) is 50.5. The van der Waals surface area contributed by atoms with Gasteiger partial charge >= 0.3 is 0 Å². The summed E-state index contributed by atoms with van der Waals surface area (Å²) in [6.07, 6.45) is 60.2. The van der Waals surface area contributed by atoms with Gasteiger partial charge in [0.05, 0.1) is 32.0 Å². The van der Waals surface area contributed by atoms with E-state index in [1.54, 1.807) is 6.08 Å². The minimum absolute atomic E-state index is 0.257. The van der Waals surface area contributed by atoms with Crippen molar-refractivity contribution < 1.29 is 64.6 Å². The average molecular weight is 1200 g/mol. The molecule has 0 saturated carbocycles. The molecule has 14 heteroatoms. The Morgan fingerprint density at radius 2 is 0.824 bits per heavy atom. The van der Waals surface area contributed by atoms with Crippen LogP contribution in [0.2, 0.25) is 0 Å². The number of carbonyl (C=O) groups is 1. The summed E-state index contributed by atoms with van der Waals surface area (Å²) >= 11 is 0. The van der Waals surface area contributed by atoms with Crippen molar-refractivity contribution >= 4 is 5.91 Å². The largest absolute Gasteiger partial charge is 0.394 e. The molecule has 0 bridgehead atoms. The average Bonchev–Trinajstić information content (AvgIpc) is 3.69. The molecule has 2 heterocycles. The second-order valence-electron chi connectivity index (χ2n) is 23.5. The Morgan fingerprint density at radius 1 is 0.435 bits per heavy atom. The Labute approximate surface area is 515 Å². The normalized spacial score (nSPS) is 24.2. The lowest BCUT2D eigenvalue weighted by Crippen LogP contribution is -2.65. The van der Waals surface area contributed by atoms with E-state index in [0.29, 0.717) is 12.8 Å². The highest BCUT2D eigenvalue weighted by atomic mass is 16.7. The number of ether oxygens (including phenoxy) is 4. The molecule has 2 saturated heterocycles. The zero-order chi connectivity index (χ0) is 61.6. The predicted octanol–water partition coefficient (Wildman–Crippen LogP) is 13.4. The number of carbonyl (C=O) groups excluding carboxylic acids is 1. The number of aliphatic hydroxyl groups is 8. The lowest BCUT2D eigenvalue weighted by molar-refractivity contribution is -0.359. The zero-order valence-electron chi connectivity index (χ0n) is 53.1. The first-order valence-corrected chi connectivity index (χ1v) is 34.0. The summed E-state index contributed by atoms with van der Waals surface area (Å²) in [7, 11) is 0. The zero-order valence-corrected chi connectivity index (χ0v) is 53.1. The maximum Gasteiger partial charge on any atom is 0.220 e. The number of aliphatic hydroxyl groups excluding tert-OH is 8. The number of hydrogen-bond acceptors (Lipinski definition) is 13. The highest BCUT2D eigenvalue weighted by molar-refractivity contribution is 5.76.